The summed E-state index contributed by atoms with van der Waals surface area (Å²) in [6.45, 7) is 3.70. The fourth-order valence-electron chi connectivity index (χ4n) is 4.36. The van der Waals surface area contributed by atoms with Crippen molar-refractivity contribution in [2.24, 2.45) is 0 Å². The minimum Gasteiger partial charge on any atom is -0.360 e. The second-order valence-corrected chi connectivity index (χ2v) is 7.99. The molecule has 0 aliphatic carbocycles. The summed E-state index contributed by atoms with van der Waals surface area (Å²) >= 11 is 0. The number of anilines is 1. The van der Waals surface area contributed by atoms with Crippen LogP contribution in [-0.2, 0) is 22.6 Å². The van der Waals surface area contributed by atoms with E-state index in [1.165, 1.54) is 12.3 Å². The van der Waals surface area contributed by atoms with E-state index in [-0.39, 0.29) is 17.4 Å². The molecule has 2 aromatic rings. The predicted molar refractivity (Wildman–Crippen MR) is 108 cm³/mol. The van der Waals surface area contributed by atoms with Crippen LogP contribution < -0.4 is 4.90 Å². The number of nitrogens with zero attached hydrogens (tertiary/aromatic N) is 4. The highest BCUT2D eigenvalue weighted by Gasteiger charge is 2.46. The summed E-state index contributed by atoms with van der Waals surface area (Å²) in [7, 11) is 0. The average molecular weight is 416 g/mol. The maximum absolute atomic E-state index is 13.8. The molecular formula is C22H26F2N4O2. The molecule has 0 bridgehead atoms. The van der Waals surface area contributed by atoms with Crippen molar-refractivity contribution < 1.29 is 18.3 Å². The molecule has 2 aliphatic heterocycles. The summed E-state index contributed by atoms with van der Waals surface area (Å²) in [5.41, 5.74) is 0.800. The lowest BCUT2D eigenvalue weighted by molar-refractivity contribution is -0.161. The molecule has 0 N–H and O–H groups in total. The van der Waals surface area contributed by atoms with Crippen LogP contribution in [0, 0.1) is 5.82 Å². The van der Waals surface area contributed by atoms with Gasteiger partial charge in [0.1, 0.15) is 18.6 Å². The van der Waals surface area contributed by atoms with Crippen molar-refractivity contribution in [3.05, 3.63) is 53.9 Å². The molecule has 1 atom stereocenters. The molecule has 2 aliphatic rings. The largest absolute Gasteiger partial charge is 0.360 e. The summed E-state index contributed by atoms with van der Waals surface area (Å²) < 4.78 is 33.4. The van der Waals surface area contributed by atoms with Gasteiger partial charge in [0.15, 0.2) is 0 Å². The Kier molecular flexibility index (Phi) is 6.06. The molecule has 2 aromatic heterocycles. The zero-order valence-corrected chi connectivity index (χ0v) is 17.1. The molecule has 6 nitrogen and oxygen atoms in total. The fourth-order valence-corrected chi connectivity index (χ4v) is 4.36. The molecule has 0 aromatic carbocycles. The maximum Gasteiger partial charge on any atom is 0.256 e. The predicted octanol–water partition coefficient (Wildman–Crippen LogP) is 2.91. The maximum atomic E-state index is 13.8. The van der Waals surface area contributed by atoms with Crippen LogP contribution in [0.5, 0.6) is 0 Å². The van der Waals surface area contributed by atoms with E-state index in [1.54, 1.807) is 36.2 Å². The van der Waals surface area contributed by atoms with E-state index in [9.17, 15) is 13.6 Å². The zero-order valence-electron chi connectivity index (χ0n) is 17.1. The minimum atomic E-state index is -0.722. The first-order valence-electron chi connectivity index (χ1n) is 10.3. The van der Waals surface area contributed by atoms with Crippen molar-refractivity contribution in [3.8, 4) is 0 Å². The smallest absolute Gasteiger partial charge is 0.256 e. The van der Waals surface area contributed by atoms with Crippen LogP contribution in [0.2, 0.25) is 0 Å². The van der Waals surface area contributed by atoms with Crippen LogP contribution in [0.4, 0.5) is 14.5 Å². The SMILES string of the molecule is CC1OC2(CCN(CCc3ncccc3F)CC2)CN(c2cccnc2CF)C1=O. The highest BCUT2D eigenvalue weighted by Crippen LogP contribution is 2.35. The van der Waals surface area contributed by atoms with Gasteiger partial charge in [-0.05, 0) is 44.0 Å². The number of halogens is 2. The zero-order chi connectivity index (χ0) is 21.1. The van der Waals surface area contributed by atoms with Crippen molar-refractivity contribution >= 4 is 11.6 Å². The number of carbonyl (C=O) groups excluding carboxylic acids is 1. The summed E-state index contributed by atoms with van der Waals surface area (Å²) in [6, 6.07) is 6.48. The Morgan fingerprint density at radius 3 is 2.57 bits per heavy atom. The van der Waals surface area contributed by atoms with Gasteiger partial charge in [0.2, 0.25) is 0 Å². The molecular weight excluding hydrogens is 390 g/mol. The van der Waals surface area contributed by atoms with E-state index in [2.05, 4.69) is 14.9 Å². The van der Waals surface area contributed by atoms with Gasteiger partial charge in [-0.15, -0.1) is 0 Å². The van der Waals surface area contributed by atoms with Gasteiger partial charge < -0.3 is 14.5 Å². The Morgan fingerprint density at radius 2 is 1.87 bits per heavy atom. The number of ether oxygens (including phenoxy) is 1. The normalized spacial score (nSPS) is 21.9. The van der Waals surface area contributed by atoms with Crippen LogP contribution in [-0.4, -0.2) is 58.7 Å². The van der Waals surface area contributed by atoms with E-state index in [0.717, 1.165) is 32.5 Å². The minimum absolute atomic E-state index is 0.170. The number of piperidine rings is 1. The van der Waals surface area contributed by atoms with Gasteiger partial charge in [0.05, 0.1) is 29.2 Å². The second kappa shape index (κ2) is 8.73. The first-order chi connectivity index (χ1) is 14.5. The lowest BCUT2D eigenvalue weighted by Crippen LogP contribution is -2.61. The number of hydrogen-bond acceptors (Lipinski definition) is 5. The van der Waals surface area contributed by atoms with Crippen molar-refractivity contribution in [1.82, 2.24) is 14.9 Å². The lowest BCUT2D eigenvalue weighted by atomic mass is 9.88. The highest BCUT2D eigenvalue weighted by atomic mass is 19.1. The van der Waals surface area contributed by atoms with E-state index in [0.29, 0.717) is 24.3 Å². The van der Waals surface area contributed by atoms with Gasteiger partial charge >= 0.3 is 0 Å². The Balaban J connectivity index is 1.42. The van der Waals surface area contributed by atoms with Crippen LogP contribution in [0.1, 0.15) is 31.2 Å². The number of pyridine rings is 2. The Hall–Kier alpha value is -2.45. The molecule has 1 spiro atoms. The van der Waals surface area contributed by atoms with E-state index < -0.39 is 18.4 Å². The van der Waals surface area contributed by atoms with Crippen molar-refractivity contribution in [3.63, 3.8) is 0 Å². The van der Waals surface area contributed by atoms with Crippen LogP contribution in [0.25, 0.3) is 0 Å². The molecule has 2 saturated heterocycles. The molecule has 8 heteroatoms. The van der Waals surface area contributed by atoms with Gasteiger partial charge in [-0.1, -0.05) is 0 Å². The van der Waals surface area contributed by atoms with Gasteiger partial charge in [-0.2, -0.15) is 0 Å². The Bertz CT molecular complexity index is 902. The van der Waals surface area contributed by atoms with Crippen molar-refractivity contribution in [1.29, 1.82) is 0 Å². The average Bonchev–Trinajstić information content (AvgIpc) is 2.77. The molecule has 1 amide bonds. The van der Waals surface area contributed by atoms with E-state index in [1.807, 2.05) is 0 Å². The molecule has 2 fully saturated rings. The quantitative estimate of drug-likeness (QED) is 0.750. The Morgan fingerprint density at radius 1 is 1.17 bits per heavy atom. The topological polar surface area (TPSA) is 58.6 Å². The third-order valence-corrected chi connectivity index (χ3v) is 6.04. The fraction of sp³-hybridized carbons (Fsp3) is 0.500. The Labute approximate surface area is 174 Å². The van der Waals surface area contributed by atoms with Gasteiger partial charge in [0, 0.05) is 38.4 Å². The standard InChI is InChI=1S/C22H26F2N4O2/c1-16-21(29)28(20-5-3-10-26-19(20)14-23)15-22(30-16)7-12-27(13-8-22)11-6-18-17(24)4-2-9-25-18/h2-5,9-10,16H,6-8,11-15H2,1H3. The number of morpholine rings is 1. The monoisotopic (exact) mass is 416 g/mol. The van der Waals surface area contributed by atoms with Crippen molar-refractivity contribution in [2.75, 3.05) is 31.1 Å². The van der Waals surface area contributed by atoms with Gasteiger partial charge in [0.25, 0.3) is 5.91 Å². The number of hydrogen-bond donors (Lipinski definition) is 0. The van der Waals surface area contributed by atoms with Crippen LogP contribution in [0.15, 0.2) is 36.7 Å². The first kappa shape index (κ1) is 20.8. The highest BCUT2D eigenvalue weighted by molar-refractivity contribution is 5.97. The third-order valence-electron chi connectivity index (χ3n) is 6.04. The molecule has 4 rings (SSSR count). The van der Waals surface area contributed by atoms with Crippen LogP contribution >= 0.6 is 0 Å². The number of alkyl halides is 1. The molecule has 1 unspecified atom stereocenters. The third kappa shape index (κ3) is 4.20. The molecule has 0 saturated carbocycles. The molecule has 4 heterocycles. The van der Waals surface area contributed by atoms with Crippen molar-refractivity contribution in [2.45, 2.75) is 44.6 Å². The number of amides is 1. The van der Waals surface area contributed by atoms with Gasteiger partial charge in [-0.3, -0.25) is 14.8 Å². The van der Waals surface area contributed by atoms with Gasteiger partial charge in [-0.25, -0.2) is 8.78 Å². The first-order valence-corrected chi connectivity index (χ1v) is 10.3. The number of carbonyl (C=O) groups is 1. The molecule has 160 valence electrons. The lowest BCUT2D eigenvalue weighted by Gasteiger charge is -2.49. The number of rotatable bonds is 5. The summed E-state index contributed by atoms with van der Waals surface area (Å²) in [4.78, 5) is 24.9. The molecule has 30 heavy (non-hydrogen) atoms. The molecule has 0 radical (unpaired) electrons. The number of likely N-dealkylation sites (tertiary alicyclic amines) is 1. The number of aromatic nitrogens is 2. The summed E-state index contributed by atoms with van der Waals surface area (Å²) in [5.74, 6) is -0.443. The summed E-state index contributed by atoms with van der Waals surface area (Å²) in [5, 5.41) is 0. The van der Waals surface area contributed by atoms with Crippen LogP contribution in [0.3, 0.4) is 0 Å². The van der Waals surface area contributed by atoms with E-state index >= 15 is 0 Å². The second-order valence-electron chi connectivity index (χ2n) is 7.99. The summed E-state index contributed by atoms with van der Waals surface area (Å²) in [6.07, 6.45) is 4.59. The van der Waals surface area contributed by atoms with E-state index in [4.69, 9.17) is 4.74 Å².